The summed E-state index contributed by atoms with van der Waals surface area (Å²) in [4.78, 5) is 0. The van der Waals surface area contributed by atoms with Crippen molar-refractivity contribution in [3.05, 3.63) is 35.4 Å². The van der Waals surface area contributed by atoms with E-state index in [2.05, 4.69) is 57.3 Å². The van der Waals surface area contributed by atoms with Crippen LogP contribution in [-0.4, -0.2) is 13.1 Å². The second-order valence-corrected chi connectivity index (χ2v) is 7.33. The Bertz CT molecular complexity index is 399. The summed E-state index contributed by atoms with van der Waals surface area (Å²) in [6, 6.07) is 9.45. The van der Waals surface area contributed by atoms with Gasteiger partial charge in [-0.2, -0.15) is 0 Å². The molecule has 20 heavy (non-hydrogen) atoms. The van der Waals surface area contributed by atoms with E-state index in [4.69, 9.17) is 0 Å². The zero-order valence-electron chi connectivity index (χ0n) is 13.7. The molecule has 1 aromatic carbocycles. The van der Waals surface area contributed by atoms with Gasteiger partial charge in [-0.25, -0.2) is 0 Å². The van der Waals surface area contributed by atoms with Crippen LogP contribution in [0.5, 0.6) is 0 Å². The smallest absolute Gasteiger partial charge is 0.00148 e. The van der Waals surface area contributed by atoms with E-state index in [0.717, 1.165) is 18.4 Å². The average molecular weight is 273 g/mol. The van der Waals surface area contributed by atoms with Crippen molar-refractivity contribution in [2.24, 2.45) is 5.92 Å². The van der Waals surface area contributed by atoms with Crippen molar-refractivity contribution in [3.8, 4) is 0 Å². The summed E-state index contributed by atoms with van der Waals surface area (Å²) >= 11 is 0. The SMILES string of the molecule is CCNCC1CCCCC1c1ccc(C(C)(C)C)cc1. The van der Waals surface area contributed by atoms with Crippen LogP contribution >= 0.6 is 0 Å². The van der Waals surface area contributed by atoms with Crippen LogP contribution in [0.3, 0.4) is 0 Å². The number of hydrogen-bond acceptors (Lipinski definition) is 1. The molecule has 0 bridgehead atoms. The maximum Gasteiger partial charge on any atom is -0.00148 e. The topological polar surface area (TPSA) is 12.0 Å². The molecule has 0 radical (unpaired) electrons. The van der Waals surface area contributed by atoms with Crippen LogP contribution in [0.2, 0.25) is 0 Å². The zero-order valence-corrected chi connectivity index (χ0v) is 13.7. The molecule has 1 nitrogen and oxygen atoms in total. The first-order chi connectivity index (χ1) is 9.52. The van der Waals surface area contributed by atoms with Crippen molar-refractivity contribution in [1.82, 2.24) is 5.32 Å². The third-order valence-electron chi connectivity index (χ3n) is 4.77. The second-order valence-electron chi connectivity index (χ2n) is 7.33. The Hall–Kier alpha value is -0.820. The first kappa shape index (κ1) is 15.6. The normalized spacial score (nSPS) is 23.8. The van der Waals surface area contributed by atoms with Gasteiger partial charge in [0.25, 0.3) is 0 Å². The molecular weight excluding hydrogens is 242 g/mol. The van der Waals surface area contributed by atoms with E-state index in [1.807, 2.05) is 0 Å². The summed E-state index contributed by atoms with van der Waals surface area (Å²) in [5, 5.41) is 3.55. The standard InChI is InChI=1S/C19H31N/c1-5-20-14-16-8-6-7-9-18(16)15-10-12-17(13-11-15)19(2,3)4/h10-13,16,18,20H,5-9,14H2,1-4H3. The summed E-state index contributed by atoms with van der Waals surface area (Å²) in [6.07, 6.45) is 5.56. The van der Waals surface area contributed by atoms with E-state index in [1.54, 1.807) is 5.56 Å². The number of nitrogens with one attached hydrogen (secondary N) is 1. The van der Waals surface area contributed by atoms with E-state index in [1.165, 1.54) is 37.8 Å². The molecule has 0 aromatic heterocycles. The van der Waals surface area contributed by atoms with Crippen LogP contribution in [0.1, 0.15) is 70.4 Å². The Morgan fingerprint density at radius 2 is 1.70 bits per heavy atom. The molecule has 2 rings (SSSR count). The summed E-state index contributed by atoms with van der Waals surface area (Å²) in [5.41, 5.74) is 3.26. The van der Waals surface area contributed by atoms with E-state index in [9.17, 15) is 0 Å². The van der Waals surface area contributed by atoms with Gasteiger partial charge in [-0.3, -0.25) is 0 Å². The van der Waals surface area contributed by atoms with Crippen molar-refractivity contribution < 1.29 is 0 Å². The van der Waals surface area contributed by atoms with Crippen molar-refractivity contribution in [2.75, 3.05) is 13.1 Å². The lowest BCUT2D eigenvalue weighted by molar-refractivity contribution is 0.297. The van der Waals surface area contributed by atoms with Gasteiger partial charge in [0.15, 0.2) is 0 Å². The average Bonchev–Trinajstić information content (AvgIpc) is 2.45. The fraction of sp³-hybridized carbons (Fsp3) is 0.684. The van der Waals surface area contributed by atoms with E-state index in [0.29, 0.717) is 0 Å². The highest BCUT2D eigenvalue weighted by molar-refractivity contribution is 5.30. The lowest BCUT2D eigenvalue weighted by atomic mass is 9.74. The van der Waals surface area contributed by atoms with Crippen LogP contribution < -0.4 is 5.32 Å². The third-order valence-corrected chi connectivity index (χ3v) is 4.77. The predicted octanol–water partition coefficient (Wildman–Crippen LogP) is 4.87. The Morgan fingerprint density at radius 3 is 2.30 bits per heavy atom. The zero-order chi connectivity index (χ0) is 14.6. The van der Waals surface area contributed by atoms with Crippen LogP contribution in [-0.2, 0) is 5.41 Å². The second kappa shape index (κ2) is 6.76. The summed E-state index contributed by atoms with van der Waals surface area (Å²) in [7, 11) is 0. The van der Waals surface area contributed by atoms with Gasteiger partial charge in [-0.1, -0.05) is 64.8 Å². The first-order valence-electron chi connectivity index (χ1n) is 8.33. The monoisotopic (exact) mass is 273 g/mol. The number of hydrogen-bond donors (Lipinski definition) is 1. The Labute approximate surface area is 125 Å². The maximum absolute atomic E-state index is 3.55. The largest absolute Gasteiger partial charge is 0.317 e. The predicted molar refractivity (Wildman–Crippen MR) is 88.4 cm³/mol. The molecule has 0 saturated heterocycles. The van der Waals surface area contributed by atoms with Crippen LogP contribution in [0.4, 0.5) is 0 Å². The molecule has 2 atom stereocenters. The Morgan fingerprint density at radius 1 is 1.05 bits per heavy atom. The molecule has 1 N–H and O–H groups in total. The van der Waals surface area contributed by atoms with Gasteiger partial charge in [0.2, 0.25) is 0 Å². The Balaban J connectivity index is 2.11. The molecule has 0 aliphatic heterocycles. The molecule has 0 spiro atoms. The molecule has 1 saturated carbocycles. The molecule has 1 aromatic rings. The summed E-state index contributed by atoms with van der Waals surface area (Å²) in [5.74, 6) is 1.58. The molecular formula is C19H31N. The lowest BCUT2D eigenvalue weighted by Gasteiger charge is -2.32. The minimum atomic E-state index is 0.258. The highest BCUT2D eigenvalue weighted by atomic mass is 14.8. The first-order valence-corrected chi connectivity index (χ1v) is 8.33. The van der Waals surface area contributed by atoms with Crippen molar-refractivity contribution in [1.29, 1.82) is 0 Å². The number of rotatable bonds is 4. The highest BCUT2D eigenvalue weighted by Gasteiger charge is 2.26. The molecule has 1 aliphatic rings. The summed E-state index contributed by atoms with van der Waals surface area (Å²) in [6.45, 7) is 11.3. The number of benzene rings is 1. The molecule has 1 heteroatoms. The van der Waals surface area contributed by atoms with Gasteiger partial charge >= 0.3 is 0 Å². The summed E-state index contributed by atoms with van der Waals surface area (Å²) < 4.78 is 0. The van der Waals surface area contributed by atoms with Gasteiger partial charge in [0, 0.05) is 0 Å². The fourth-order valence-corrected chi connectivity index (χ4v) is 3.45. The molecule has 2 unspecified atom stereocenters. The van der Waals surface area contributed by atoms with Crippen LogP contribution in [0.15, 0.2) is 24.3 Å². The molecule has 0 heterocycles. The Kier molecular flexibility index (Phi) is 5.26. The minimum absolute atomic E-state index is 0.258. The van der Waals surface area contributed by atoms with Gasteiger partial charge in [0.1, 0.15) is 0 Å². The maximum atomic E-state index is 3.55. The van der Waals surface area contributed by atoms with E-state index in [-0.39, 0.29) is 5.41 Å². The van der Waals surface area contributed by atoms with Gasteiger partial charge < -0.3 is 5.32 Å². The van der Waals surface area contributed by atoms with Crippen molar-refractivity contribution in [3.63, 3.8) is 0 Å². The molecule has 112 valence electrons. The van der Waals surface area contributed by atoms with E-state index >= 15 is 0 Å². The van der Waals surface area contributed by atoms with Crippen molar-refractivity contribution >= 4 is 0 Å². The lowest BCUT2D eigenvalue weighted by Crippen LogP contribution is -2.29. The van der Waals surface area contributed by atoms with Gasteiger partial charge in [-0.15, -0.1) is 0 Å². The van der Waals surface area contributed by atoms with Crippen LogP contribution in [0, 0.1) is 5.92 Å². The molecule has 0 amide bonds. The molecule has 1 fully saturated rings. The third kappa shape index (κ3) is 3.85. The van der Waals surface area contributed by atoms with Gasteiger partial charge in [-0.05, 0) is 54.3 Å². The molecule has 1 aliphatic carbocycles. The highest BCUT2D eigenvalue weighted by Crippen LogP contribution is 2.38. The fourth-order valence-electron chi connectivity index (χ4n) is 3.45. The van der Waals surface area contributed by atoms with E-state index < -0.39 is 0 Å². The van der Waals surface area contributed by atoms with Crippen molar-refractivity contribution in [2.45, 2.75) is 64.7 Å². The van der Waals surface area contributed by atoms with Gasteiger partial charge in [0.05, 0.1) is 0 Å². The quantitative estimate of drug-likeness (QED) is 0.825. The minimum Gasteiger partial charge on any atom is -0.317 e. The van der Waals surface area contributed by atoms with Crippen LogP contribution in [0.25, 0.3) is 0 Å².